The Balaban J connectivity index is 2.28. The predicted molar refractivity (Wildman–Crippen MR) is 85.0 cm³/mol. The number of benzene rings is 1. The number of fused-ring (bicyclic) bond motifs is 1. The second-order valence-electron chi connectivity index (χ2n) is 6.99. The highest BCUT2D eigenvalue weighted by molar-refractivity contribution is 5.42. The van der Waals surface area contributed by atoms with E-state index in [9.17, 15) is 5.11 Å². The van der Waals surface area contributed by atoms with Crippen molar-refractivity contribution < 1.29 is 5.11 Å². The van der Waals surface area contributed by atoms with Gasteiger partial charge < -0.3 is 5.11 Å². The van der Waals surface area contributed by atoms with Crippen molar-refractivity contribution in [3.05, 3.63) is 29.3 Å². The maximum absolute atomic E-state index is 10.1. The molecule has 2 rings (SSSR count). The van der Waals surface area contributed by atoms with E-state index in [-0.39, 0.29) is 0 Å². The van der Waals surface area contributed by atoms with E-state index >= 15 is 0 Å². The molecule has 0 spiro atoms. The molecule has 0 heterocycles. The van der Waals surface area contributed by atoms with Gasteiger partial charge in [-0.1, -0.05) is 39.8 Å². The quantitative estimate of drug-likeness (QED) is 0.862. The Morgan fingerprint density at radius 3 is 2.40 bits per heavy atom. The van der Waals surface area contributed by atoms with Crippen LogP contribution in [0.4, 0.5) is 0 Å². The fourth-order valence-electron chi connectivity index (χ4n) is 3.45. The molecule has 1 aromatic rings. The molecule has 0 saturated carbocycles. The van der Waals surface area contributed by atoms with E-state index in [0.29, 0.717) is 23.6 Å². The van der Waals surface area contributed by atoms with E-state index in [1.807, 2.05) is 12.1 Å². The minimum Gasteiger partial charge on any atom is -0.508 e. The lowest BCUT2D eigenvalue weighted by Crippen LogP contribution is -2.36. The summed E-state index contributed by atoms with van der Waals surface area (Å²) >= 11 is 0. The molecule has 1 atom stereocenters. The lowest BCUT2D eigenvalue weighted by Gasteiger charge is -2.38. The van der Waals surface area contributed by atoms with Gasteiger partial charge >= 0.3 is 0 Å². The van der Waals surface area contributed by atoms with Crippen LogP contribution in [0.2, 0.25) is 0 Å². The summed E-state index contributed by atoms with van der Waals surface area (Å²) in [4.78, 5) is 2.63. The van der Waals surface area contributed by atoms with Crippen LogP contribution in [0.5, 0.6) is 5.75 Å². The van der Waals surface area contributed by atoms with Gasteiger partial charge in [0.2, 0.25) is 0 Å². The van der Waals surface area contributed by atoms with Gasteiger partial charge in [-0.3, -0.25) is 4.90 Å². The van der Waals surface area contributed by atoms with Crippen LogP contribution in [0, 0.1) is 11.8 Å². The molecule has 1 aromatic carbocycles. The monoisotopic (exact) mass is 275 g/mol. The summed E-state index contributed by atoms with van der Waals surface area (Å²) in [7, 11) is 0. The summed E-state index contributed by atoms with van der Waals surface area (Å²) in [5.74, 6) is 1.84. The number of hydrogen-bond donors (Lipinski definition) is 1. The van der Waals surface area contributed by atoms with Gasteiger partial charge in [0.05, 0.1) is 0 Å². The fourth-order valence-corrected chi connectivity index (χ4v) is 3.45. The van der Waals surface area contributed by atoms with Crippen molar-refractivity contribution in [1.29, 1.82) is 0 Å². The second kappa shape index (κ2) is 6.62. The molecule has 1 aliphatic rings. The van der Waals surface area contributed by atoms with E-state index in [4.69, 9.17) is 0 Å². The highest BCUT2D eigenvalue weighted by Crippen LogP contribution is 2.38. The number of phenolic OH excluding ortho intramolecular Hbond substituents is 1. The van der Waals surface area contributed by atoms with Crippen LogP contribution >= 0.6 is 0 Å². The van der Waals surface area contributed by atoms with Crippen molar-refractivity contribution in [3.63, 3.8) is 0 Å². The molecule has 112 valence electrons. The van der Waals surface area contributed by atoms with Gasteiger partial charge in [-0.05, 0) is 48.3 Å². The van der Waals surface area contributed by atoms with E-state index in [0.717, 1.165) is 19.5 Å². The number of hydrogen-bond acceptors (Lipinski definition) is 2. The minimum absolute atomic E-state index is 0.482. The van der Waals surface area contributed by atoms with Gasteiger partial charge in [-0.25, -0.2) is 0 Å². The number of phenols is 1. The van der Waals surface area contributed by atoms with E-state index in [2.05, 4.69) is 38.7 Å². The first kappa shape index (κ1) is 15.4. The van der Waals surface area contributed by atoms with Crippen LogP contribution in [-0.2, 0) is 6.42 Å². The van der Waals surface area contributed by atoms with Crippen LogP contribution in [0.15, 0.2) is 18.2 Å². The van der Waals surface area contributed by atoms with Gasteiger partial charge in [0, 0.05) is 19.1 Å². The summed E-state index contributed by atoms with van der Waals surface area (Å²) in [5, 5.41) is 10.1. The first-order valence-corrected chi connectivity index (χ1v) is 8.03. The molecule has 1 aliphatic carbocycles. The number of nitrogens with zero attached hydrogens (tertiary/aromatic N) is 1. The van der Waals surface area contributed by atoms with Crippen molar-refractivity contribution in [3.8, 4) is 5.75 Å². The summed E-state index contributed by atoms with van der Waals surface area (Å²) in [6.45, 7) is 11.4. The minimum atomic E-state index is 0.482. The molecule has 1 N–H and O–H groups in total. The second-order valence-corrected chi connectivity index (χ2v) is 6.99. The molecule has 0 bridgehead atoms. The van der Waals surface area contributed by atoms with Gasteiger partial charge in [0.1, 0.15) is 5.75 Å². The third-order valence-corrected chi connectivity index (χ3v) is 4.09. The Bertz CT molecular complexity index is 429. The Morgan fingerprint density at radius 2 is 1.80 bits per heavy atom. The highest BCUT2D eigenvalue weighted by Gasteiger charge is 2.27. The lowest BCUT2D eigenvalue weighted by molar-refractivity contribution is 0.141. The van der Waals surface area contributed by atoms with Gasteiger partial charge in [0.15, 0.2) is 0 Å². The zero-order chi connectivity index (χ0) is 14.7. The Hall–Kier alpha value is -1.02. The molecule has 0 fully saturated rings. The molecular formula is C18H29NO. The topological polar surface area (TPSA) is 23.5 Å². The lowest BCUT2D eigenvalue weighted by atomic mass is 9.85. The molecule has 1 unspecified atom stereocenters. The summed E-state index contributed by atoms with van der Waals surface area (Å²) in [6, 6.07) is 6.52. The van der Waals surface area contributed by atoms with E-state index < -0.39 is 0 Å². The Morgan fingerprint density at radius 1 is 1.15 bits per heavy atom. The SMILES string of the molecule is CC(C)CN(CC(C)C)C1CCCc2c(O)cccc21. The van der Waals surface area contributed by atoms with Crippen LogP contribution in [0.3, 0.4) is 0 Å². The zero-order valence-electron chi connectivity index (χ0n) is 13.4. The van der Waals surface area contributed by atoms with Crippen LogP contribution in [-0.4, -0.2) is 23.1 Å². The fraction of sp³-hybridized carbons (Fsp3) is 0.667. The van der Waals surface area contributed by atoms with Crippen molar-refractivity contribution in [1.82, 2.24) is 4.90 Å². The average Bonchev–Trinajstić information content (AvgIpc) is 2.37. The van der Waals surface area contributed by atoms with Crippen molar-refractivity contribution >= 4 is 0 Å². The molecule has 2 nitrogen and oxygen atoms in total. The van der Waals surface area contributed by atoms with Gasteiger partial charge in [-0.2, -0.15) is 0 Å². The molecule has 0 amide bonds. The smallest absolute Gasteiger partial charge is 0.119 e. The van der Waals surface area contributed by atoms with Crippen LogP contribution < -0.4 is 0 Å². The molecular weight excluding hydrogens is 246 g/mol. The summed E-state index contributed by atoms with van der Waals surface area (Å²) in [5.41, 5.74) is 2.54. The van der Waals surface area contributed by atoms with Crippen molar-refractivity contribution in [2.24, 2.45) is 11.8 Å². The van der Waals surface area contributed by atoms with E-state index in [1.165, 1.54) is 24.0 Å². The van der Waals surface area contributed by atoms with Gasteiger partial charge in [0.25, 0.3) is 0 Å². The number of aromatic hydroxyl groups is 1. The maximum Gasteiger partial charge on any atom is 0.119 e. The third kappa shape index (κ3) is 3.54. The van der Waals surface area contributed by atoms with Crippen molar-refractivity contribution in [2.45, 2.75) is 53.0 Å². The molecule has 0 aliphatic heterocycles. The highest BCUT2D eigenvalue weighted by atomic mass is 16.3. The van der Waals surface area contributed by atoms with E-state index in [1.54, 1.807) is 0 Å². The van der Waals surface area contributed by atoms with Crippen LogP contribution in [0.1, 0.15) is 57.7 Å². The normalized spacial score (nSPS) is 18.9. The first-order valence-electron chi connectivity index (χ1n) is 8.03. The molecule has 20 heavy (non-hydrogen) atoms. The molecule has 0 radical (unpaired) electrons. The summed E-state index contributed by atoms with van der Waals surface area (Å²) in [6.07, 6.45) is 3.42. The number of rotatable bonds is 5. The molecule has 0 aromatic heterocycles. The Kier molecular flexibility index (Phi) is 5.09. The average molecular weight is 275 g/mol. The molecule has 0 saturated heterocycles. The zero-order valence-corrected chi connectivity index (χ0v) is 13.4. The van der Waals surface area contributed by atoms with Crippen LogP contribution in [0.25, 0.3) is 0 Å². The predicted octanol–water partition coefficient (Wildman–Crippen LogP) is 4.38. The molecule has 2 heteroatoms. The first-order chi connectivity index (χ1) is 9.49. The van der Waals surface area contributed by atoms with Gasteiger partial charge in [-0.15, -0.1) is 0 Å². The summed E-state index contributed by atoms with van der Waals surface area (Å²) < 4.78 is 0. The standard InChI is InChI=1S/C18H29NO/c1-13(2)11-19(12-14(3)4)17-9-5-8-16-15(17)7-6-10-18(16)20/h6-7,10,13-14,17,20H,5,8-9,11-12H2,1-4H3. The van der Waals surface area contributed by atoms with Crippen molar-refractivity contribution in [2.75, 3.05) is 13.1 Å². The maximum atomic E-state index is 10.1. The largest absolute Gasteiger partial charge is 0.508 e. The Labute approximate surface area is 123 Å². The third-order valence-electron chi connectivity index (χ3n) is 4.09.